The Balaban J connectivity index is 0.000000330. The van der Waals surface area contributed by atoms with E-state index in [0.717, 1.165) is 101 Å². The summed E-state index contributed by atoms with van der Waals surface area (Å²) in [6, 6.07) is 0. The molecule has 0 aromatic rings. The second-order valence-electron chi connectivity index (χ2n) is 25.1. The minimum absolute atomic E-state index is 0. The fourth-order valence-electron chi connectivity index (χ4n) is 17.7. The van der Waals surface area contributed by atoms with Gasteiger partial charge >= 0.3 is 24.8 Å². The minimum atomic E-state index is -0.563. The fourth-order valence-corrected chi connectivity index (χ4v) is 17.7. The van der Waals surface area contributed by atoms with Crippen molar-refractivity contribution in [2.75, 3.05) is 34.5 Å². The number of rotatable bonds is 12. The summed E-state index contributed by atoms with van der Waals surface area (Å²) >= 11 is 0. The summed E-state index contributed by atoms with van der Waals surface area (Å²) in [5.41, 5.74) is 2.45. The van der Waals surface area contributed by atoms with Gasteiger partial charge in [-0.2, -0.15) is 0 Å². The number of hydrogen-bond donors (Lipinski definition) is 3. The van der Waals surface area contributed by atoms with Crippen LogP contribution in [0.2, 0.25) is 0 Å². The Morgan fingerprint density at radius 2 is 1.08 bits per heavy atom. The zero-order valence-electron chi connectivity index (χ0n) is 43.5. The molecule has 0 unspecified atom stereocenters. The number of methoxy groups -OCH3 is 3. The van der Waals surface area contributed by atoms with Crippen LogP contribution in [0.15, 0.2) is 23.3 Å². The second kappa shape index (κ2) is 22.4. The molecule has 8 aliphatic carbocycles. The van der Waals surface area contributed by atoms with Gasteiger partial charge in [0, 0.05) is 31.5 Å². The van der Waals surface area contributed by atoms with Crippen LogP contribution in [0.5, 0.6) is 0 Å². The second-order valence-corrected chi connectivity index (χ2v) is 25.1. The van der Waals surface area contributed by atoms with Crippen molar-refractivity contribution in [2.24, 2.45) is 80.8 Å². The van der Waals surface area contributed by atoms with E-state index in [-0.39, 0.29) is 57.9 Å². The van der Waals surface area contributed by atoms with Gasteiger partial charge in [-0.1, -0.05) is 65.8 Å². The quantitative estimate of drug-likeness (QED) is 0.0775. The van der Waals surface area contributed by atoms with E-state index in [0.29, 0.717) is 46.8 Å². The molecule has 0 aromatic heterocycles. The molecule has 3 N–H and O–H groups in total. The smallest absolute Gasteiger partial charge is 0.469 e. The molecule has 7 nitrogen and oxygen atoms in total. The van der Waals surface area contributed by atoms with Crippen LogP contribution in [-0.2, 0) is 19.0 Å². The SMILES string of the molecule is C.C.COC[C@]12CC[C@](C)(O)CC1=CC[C@@H]1[C@@H]2CC[C@]2(C)[C@@H]([C@H](C)CCC(=O)OC)CC[C@@H]12.COC[C@]12CC[C@](C)(O)CC1=CC[C@@H]1[C@@H]2CC[C@]2(C)[C@@H]([C@H](C)CCC(C)(C)O)CC[C@@H]12.[CH3-].[Li+]. The van der Waals surface area contributed by atoms with Crippen molar-refractivity contribution >= 4 is 5.97 Å². The van der Waals surface area contributed by atoms with Gasteiger partial charge in [0.15, 0.2) is 0 Å². The van der Waals surface area contributed by atoms with Gasteiger partial charge in [-0.25, -0.2) is 0 Å². The molecule has 8 heteroatoms. The Hall–Kier alpha value is -0.653. The summed E-state index contributed by atoms with van der Waals surface area (Å²) in [5.74, 6) is 7.16. The van der Waals surface area contributed by atoms with Gasteiger partial charge < -0.3 is 37.0 Å². The molecule has 8 aliphatic rings. The molecule has 0 radical (unpaired) electrons. The van der Waals surface area contributed by atoms with E-state index >= 15 is 0 Å². The predicted molar refractivity (Wildman–Crippen MR) is 269 cm³/mol. The van der Waals surface area contributed by atoms with Crippen LogP contribution in [0.25, 0.3) is 0 Å². The van der Waals surface area contributed by atoms with Crippen molar-refractivity contribution < 1.29 is 53.2 Å². The molecule has 66 heavy (non-hydrogen) atoms. The van der Waals surface area contributed by atoms with Crippen molar-refractivity contribution in [3.8, 4) is 0 Å². The Morgan fingerprint density at radius 1 is 0.667 bits per heavy atom. The Kier molecular flexibility index (Phi) is 20.3. The van der Waals surface area contributed by atoms with Crippen LogP contribution >= 0.6 is 0 Å². The molecule has 6 fully saturated rings. The van der Waals surface area contributed by atoms with Crippen LogP contribution in [-0.4, -0.2) is 72.6 Å². The van der Waals surface area contributed by atoms with Gasteiger partial charge in [-0.05, 0) is 220 Å². The van der Waals surface area contributed by atoms with Crippen LogP contribution in [0.1, 0.15) is 199 Å². The van der Waals surface area contributed by atoms with Crippen molar-refractivity contribution in [2.45, 2.75) is 215 Å². The Labute approximate surface area is 418 Å². The number of hydrogen-bond acceptors (Lipinski definition) is 7. The maximum Gasteiger partial charge on any atom is 1.00 e. The van der Waals surface area contributed by atoms with Gasteiger partial charge in [0.25, 0.3) is 0 Å². The van der Waals surface area contributed by atoms with E-state index in [1.165, 1.54) is 82.5 Å². The Bertz CT molecular complexity index is 1650. The first-order valence-electron chi connectivity index (χ1n) is 25.7. The normalized spacial score (nSPS) is 42.8. The number of allylic oxidation sites excluding steroid dienone is 2. The number of carbonyl (C=O) groups excluding carboxylic acids is 1. The molecule has 8 rings (SSSR count). The first-order chi connectivity index (χ1) is 29.1. The summed E-state index contributed by atoms with van der Waals surface area (Å²) in [6.07, 6.45) is 27.1. The van der Waals surface area contributed by atoms with E-state index in [2.05, 4.69) is 39.8 Å². The van der Waals surface area contributed by atoms with E-state index in [1.807, 2.05) is 41.9 Å². The zero-order valence-corrected chi connectivity index (χ0v) is 43.5. The average Bonchev–Trinajstić information content (AvgIpc) is 3.76. The number of carbonyl (C=O) groups is 1. The monoisotopic (exact) mass is 919 g/mol. The molecule has 0 aliphatic heterocycles. The zero-order chi connectivity index (χ0) is 45.1. The third-order valence-corrected chi connectivity index (χ3v) is 20.8. The van der Waals surface area contributed by atoms with Crippen molar-refractivity contribution in [3.63, 3.8) is 0 Å². The van der Waals surface area contributed by atoms with Gasteiger partial charge in [-0.3, -0.25) is 4.79 Å². The number of esters is 1. The average molecular weight is 919 g/mol. The topological polar surface area (TPSA) is 105 Å². The summed E-state index contributed by atoms with van der Waals surface area (Å²) in [5, 5.41) is 31.8. The van der Waals surface area contributed by atoms with Crippen molar-refractivity contribution in [1.82, 2.24) is 0 Å². The first-order valence-corrected chi connectivity index (χ1v) is 25.7. The molecular weight excluding hydrogens is 816 g/mol. The molecule has 0 heterocycles. The van der Waals surface area contributed by atoms with Gasteiger partial charge in [0.2, 0.25) is 0 Å². The van der Waals surface area contributed by atoms with Crippen molar-refractivity contribution in [1.29, 1.82) is 0 Å². The van der Waals surface area contributed by atoms with Gasteiger partial charge in [0.05, 0.1) is 37.1 Å². The maximum absolute atomic E-state index is 11.7. The standard InChI is InChI=1S/C28H48O3.C27H44O4.2CH4.CH3.Li/c1-19(11-13-25(2,3)29)22-9-10-23-21-8-7-20-17-26(4,30)15-16-28(20,18-31-6)24(21)12-14-27(22,23)5;1-18(6-11-24(28)31-5)21-9-10-22-20-8-7-19-16-25(2,29)14-15-27(19,17-30-4)23(20)12-13-26(21,22)3;;;;/h7,19,21-24,29-30H,8-18H2,1-6H3;7,18,20-23,29H,6,8-17H2,1-5H3;2*1H4;1H3;/q;;;;-1;+1/t19-,21+,22-,23+,24+,26+,27-,28-;18-,20+,21-,22+,23+,25+,26-,27-;;;;/m11..../s1. The molecule has 0 bridgehead atoms. The fraction of sp³-hybridized carbons (Fsp3) is 0.897. The van der Waals surface area contributed by atoms with Crippen molar-refractivity contribution in [3.05, 3.63) is 30.7 Å². The number of ether oxygens (including phenoxy) is 3. The van der Waals surface area contributed by atoms with Gasteiger partial charge in [0.1, 0.15) is 0 Å². The molecule has 0 aromatic carbocycles. The van der Waals surface area contributed by atoms with Crippen LogP contribution in [0, 0.1) is 88.3 Å². The van der Waals surface area contributed by atoms with E-state index < -0.39 is 16.8 Å². The summed E-state index contributed by atoms with van der Waals surface area (Å²) in [6.45, 7) is 19.5. The summed E-state index contributed by atoms with van der Waals surface area (Å²) < 4.78 is 16.6. The number of aliphatic hydroxyl groups is 3. The van der Waals surface area contributed by atoms with E-state index in [9.17, 15) is 20.1 Å². The largest absolute Gasteiger partial charge is 1.00 e. The third kappa shape index (κ3) is 11.2. The Morgan fingerprint density at radius 3 is 1.45 bits per heavy atom. The molecule has 0 amide bonds. The summed E-state index contributed by atoms with van der Waals surface area (Å²) in [4.78, 5) is 11.7. The van der Waals surface area contributed by atoms with Gasteiger partial charge in [-0.15, -0.1) is 0 Å². The summed E-state index contributed by atoms with van der Waals surface area (Å²) in [7, 11) is 5.21. The molecule has 6 saturated carbocycles. The maximum atomic E-state index is 11.7. The first kappa shape index (κ1) is 59.7. The minimum Gasteiger partial charge on any atom is -0.469 e. The number of fused-ring (bicyclic) bond motifs is 10. The predicted octanol–water partition coefficient (Wildman–Crippen LogP) is 10.4. The molecule has 16 atom stereocenters. The molecule has 0 saturated heterocycles. The molecule has 378 valence electrons. The molecule has 0 spiro atoms. The van der Waals surface area contributed by atoms with Crippen LogP contribution in [0.3, 0.4) is 0 Å². The molecular formula is C58H103LiO7. The van der Waals surface area contributed by atoms with Crippen LogP contribution < -0.4 is 18.9 Å². The van der Waals surface area contributed by atoms with Crippen LogP contribution in [0.4, 0.5) is 0 Å². The van der Waals surface area contributed by atoms with E-state index in [1.54, 1.807) is 0 Å². The van der Waals surface area contributed by atoms with E-state index in [4.69, 9.17) is 14.2 Å². The third-order valence-electron chi connectivity index (χ3n) is 20.8.